The Morgan fingerprint density at radius 3 is 2.43 bits per heavy atom. The molecule has 1 aromatic heterocycles. The van der Waals surface area contributed by atoms with Crippen LogP contribution in [-0.2, 0) is 6.61 Å². The van der Waals surface area contributed by atoms with E-state index in [9.17, 15) is 0 Å². The zero-order chi connectivity index (χ0) is 19.6. The Bertz CT molecular complexity index is 837. The molecule has 1 heterocycles. The lowest BCUT2D eigenvalue weighted by Gasteiger charge is -2.11. The molecule has 6 heteroatoms. The van der Waals surface area contributed by atoms with Gasteiger partial charge in [0.15, 0.2) is 0 Å². The van der Waals surface area contributed by atoms with Gasteiger partial charge in [-0.05, 0) is 56.9 Å². The van der Waals surface area contributed by atoms with Gasteiger partial charge in [-0.1, -0.05) is 30.3 Å². The van der Waals surface area contributed by atoms with Crippen LogP contribution >= 0.6 is 0 Å². The molecule has 2 aromatic carbocycles. The second-order valence-corrected chi connectivity index (χ2v) is 6.80. The van der Waals surface area contributed by atoms with Gasteiger partial charge in [0.2, 0.25) is 0 Å². The van der Waals surface area contributed by atoms with E-state index in [1.807, 2.05) is 48.5 Å². The van der Waals surface area contributed by atoms with Gasteiger partial charge in [0.1, 0.15) is 30.3 Å². The summed E-state index contributed by atoms with van der Waals surface area (Å²) in [5, 5.41) is 6.63. The van der Waals surface area contributed by atoms with Crippen LogP contribution in [-0.4, -0.2) is 42.1 Å². The normalized spacial score (nSPS) is 10.7. The molecule has 0 unspecified atom stereocenters. The molecule has 3 rings (SSSR count). The average molecular weight is 377 g/mol. The number of rotatable bonds is 10. The van der Waals surface area contributed by atoms with E-state index in [0.717, 1.165) is 48.1 Å². The average Bonchev–Trinajstić information content (AvgIpc) is 2.72. The number of hydrogen-bond acceptors (Lipinski definition) is 6. The van der Waals surface area contributed by atoms with E-state index < -0.39 is 0 Å². The van der Waals surface area contributed by atoms with E-state index in [-0.39, 0.29) is 0 Å². The minimum absolute atomic E-state index is 0.558. The highest BCUT2D eigenvalue weighted by Crippen LogP contribution is 2.20. The molecule has 0 fully saturated rings. The van der Waals surface area contributed by atoms with E-state index in [0.29, 0.717) is 6.61 Å². The fourth-order valence-corrected chi connectivity index (χ4v) is 2.66. The van der Waals surface area contributed by atoms with Crippen LogP contribution in [0.1, 0.15) is 12.0 Å². The first-order chi connectivity index (χ1) is 13.7. The SMILES string of the molecule is CN(C)CCCNc1cc(Nc2ccc(OCc3ccccc3)cc2)ncn1. The van der Waals surface area contributed by atoms with Crippen molar-refractivity contribution in [2.24, 2.45) is 0 Å². The maximum Gasteiger partial charge on any atom is 0.135 e. The molecular weight excluding hydrogens is 350 g/mol. The fraction of sp³-hybridized carbons (Fsp3) is 0.273. The van der Waals surface area contributed by atoms with Gasteiger partial charge in [0, 0.05) is 18.3 Å². The Morgan fingerprint density at radius 1 is 0.929 bits per heavy atom. The topological polar surface area (TPSA) is 62.3 Å². The van der Waals surface area contributed by atoms with Gasteiger partial charge in [0.05, 0.1) is 0 Å². The lowest BCUT2D eigenvalue weighted by molar-refractivity contribution is 0.306. The minimum atomic E-state index is 0.558. The first-order valence-corrected chi connectivity index (χ1v) is 9.43. The summed E-state index contributed by atoms with van der Waals surface area (Å²) in [7, 11) is 4.15. The van der Waals surface area contributed by atoms with Gasteiger partial charge in [-0.3, -0.25) is 0 Å². The molecule has 0 aliphatic rings. The molecule has 0 aliphatic heterocycles. The summed E-state index contributed by atoms with van der Waals surface area (Å²) < 4.78 is 5.82. The van der Waals surface area contributed by atoms with Gasteiger partial charge in [-0.25, -0.2) is 9.97 Å². The summed E-state index contributed by atoms with van der Waals surface area (Å²) in [5.41, 5.74) is 2.10. The summed E-state index contributed by atoms with van der Waals surface area (Å²) in [5.74, 6) is 2.41. The van der Waals surface area contributed by atoms with Crippen LogP contribution in [0.5, 0.6) is 5.75 Å². The van der Waals surface area contributed by atoms with Crippen LogP contribution in [0.15, 0.2) is 67.0 Å². The number of aromatic nitrogens is 2. The second kappa shape index (κ2) is 10.3. The molecule has 0 amide bonds. The Hall–Kier alpha value is -3.12. The molecule has 3 aromatic rings. The monoisotopic (exact) mass is 377 g/mol. The summed E-state index contributed by atoms with van der Waals surface area (Å²) in [6, 6.07) is 19.9. The van der Waals surface area contributed by atoms with Crippen LogP contribution < -0.4 is 15.4 Å². The molecule has 28 heavy (non-hydrogen) atoms. The highest BCUT2D eigenvalue weighted by Gasteiger charge is 2.01. The molecule has 0 aliphatic carbocycles. The number of anilines is 3. The molecule has 6 nitrogen and oxygen atoms in total. The maximum absolute atomic E-state index is 5.82. The van der Waals surface area contributed by atoms with Crippen LogP contribution in [0.2, 0.25) is 0 Å². The number of nitrogens with zero attached hydrogens (tertiary/aromatic N) is 3. The Labute approximate surface area is 166 Å². The van der Waals surface area contributed by atoms with E-state index in [1.165, 1.54) is 0 Å². The molecule has 0 bridgehead atoms. The lowest BCUT2D eigenvalue weighted by atomic mass is 10.2. The Kier molecular flexibility index (Phi) is 7.21. The van der Waals surface area contributed by atoms with Crippen LogP contribution in [0.3, 0.4) is 0 Å². The van der Waals surface area contributed by atoms with Crippen molar-refractivity contribution in [2.45, 2.75) is 13.0 Å². The largest absolute Gasteiger partial charge is 0.489 e. The zero-order valence-electron chi connectivity index (χ0n) is 16.4. The maximum atomic E-state index is 5.82. The van der Waals surface area contributed by atoms with E-state index in [1.54, 1.807) is 6.33 Å². The summed E-state index contributed by atoms with van der Waals surface area (Å²) in [6.07, 6.45) is 2.62. The van der Waals surface area contributed by atoms with Crippen molar-refractivity contribution >= 4 is 17.3 Å². The molecule has 0 atom stereocenters. The molecule has 0 spiro atoms. The highest BCUT2D eigenvalue weighted by molar-refractivity contribution is 5.59. The van der Waals surface area contributed by atoms with E-state index in [4.69, 9.17) is 4.74 Å². The third-order valence-corrected chi connectivity index (χ3v) is 4.13. The molecule has 0 saturated heterocycles. The van der Waals surface area contributed by atoms with E-state index >= 15 is 0 Å². The van der Waals surface area contributed by atoms with Gasteiger partial charge in [0.25, 0.3) is 0 Å². The molecule has 2 N–H and O–H groups in total. The second-order valence-electron chi connectivity index (χ2n) is 6.80. The van der Waals surface area contributed by atoms with Crippen molar-refractivity contribution in [3.63, 3.8) is 0 Å². The van der Waals surface area contributed by atoms with Crippen molar-refractivity contribution in [3.05, 3.63) is 72.6 Å². The van der Waals surface area contributed by atoms with Gasteiger partial charge in [-0.2, -0.15) is 0 Å². The number of nitrogens with one attached hydrogen (secondary N) is 2. The highest BCUT2D eigenvalue weighted by atomic mass is 16.5. The smallest absolute Gasteiger partial charge is 0.135 e. The summed E-state index contributed by atoms with van der Waals surface area (Å²) in [6.45, 7) is 2.48. The van der Waals surface area contributed by atoms with Crippen LogP contribution in [0.25, 0.3) is 0 Å². The standard InChI is InChI=1S/C22H27N5O/c1-27(2)14-6-13-23-21-15-22(25-17-24-21)26-19-9-11-20(12-10-19)28-16-18-7-4-3-5-8-18/h3-5,7-12,15,17H,6,13-14,16H2,1-2H3,(H2,23,24,25,26). The number of ether oxygens (including phenoxy) is 1. The van der Waals surface area contributed by atoms with Crippen molar-refractivity contribution in [3.8, 4) is 5.75 Å². The minimum Gasteiger partial charge on any atom is -0.489 e. The predicted octanol–water partition coefficient (Wildman–Crippen LogP) is 4.16. The summed E-state index contributed by atoms with van der Waals surface area (Å²) in [4.78, 5) is 10.7. The number of hydrogen-bond donors (Lipinski definition) is 2. The van der Waals surface area contributed by atoms with Crippen molar-refractivity contribution in [1.29, 1.82) is 0 Å². The Balaban J connectivity index is 1.50. The molecule has 0 radical (unpaired) electrons. The first kappa shape index (κ1) is 19.6. The van der Waals surface area contributed by atoms with Crippen LogP contribution in [0.4, 0.5) is 17.3 Å². The third kappa shape index (κ3) is 6.55. The molecular formula is C22H27N5O. The van der Waals surface area contributed by atoms with Crippen molar-refractivity contribution in [2.75, 3.05) is 37.8 Å². The van der Waals surface area contributed by atoms with Gasteiger partial charge >= 0.3 is 0 Å². The van der Waals surface area contributed by atoms with Crippen molar-refractivity contribution < 1.29 is 4.74 Å². The lowest BCUT2D eigenvalue weighted by Crippen LogP contribution is -2.16. The number of benzene rings is 2. The Morgan fingerprint density at radius 2 is 1.68 bits per heavy atom. The molecule has 146 valence electrons. The molecule has 0 saturated carbocycles. The first-order valence-electron chi connectivity index (χ1n) is 9.43. The quantitative estimate of drug-likeness (QED) is 0.517. The van der Waals surface area contributed by atoms with Gasteiger partial charge in [-0.15, -0.1) is 0 Å². The van der Waals surface area contributed by atoms with Crippen molar-refractivity contribution in [1.82, 2.24) is 14.9 Å². The van der Waals surface area contributed by atoms with Gasteiger partial charge < -0.3 is 20.3 Å². The van der Waals surface area contributed by atoms with Crippen LogP contribution in [0, 0.1) is 0 Å². The predicted molar refractivity (Wildman–Crippen MR) is 114 cm³/mol. The van der Waals surface area contributed by atoms with E-state index in [2.05, 4.69) is 51.7 Å². The fourth-order valence-electron chi connectivity index (χ4n) is 2.66. The zero-order valence-corrected chi connectivity index (χ0v) is 16.4. The third-order valence-electron chi connectivity index (χ3n) is 4.13. The summed E-state index contributed by atoms with van der Waals surface area (Å²) >= 11 is 0.